The predicted molar refractivity (Wildman–Crippen MR) is 93.6 cm³/mol. The fourth-order valence-electron chi connectivity index (χ4n) is 3.18. The van der Waals surface area contributed by atoms with Gasteiger partial charge in [-0.05, 0) is 24.1 Å². The lowest BCUT2D eigenvalue weighted by Crippen LogP contribution is -2.40. The normalized spacial score (nSPS) is 20.1. The van der Waals surface area contributed by atoms with Crippen molar-refractivity contribution in [3.8, 4) is 11.8 Å². The molecule has 1 aliphatic rings. The van der Waals surface area contributed by atoms with Crippen LogP contribution in [-0.4, -0.2) is 34.5 Å². The van der Waals surface area contributed by atoms with Gasteiger partial charge < -0.3 is 4.74 Å². The first-order valence-corrected chi connectivity index (χ1v) is 8.18. The molecule has 2 aromatic rings. The smallest absolute Gasteiger partial charge is 0.330 e. The second kappa shape index (κ2) is 7.15. The summed E-state index contributed by atoms with van der Waals surface area (Å²) in [5.41, 5.74) is -0.0334. The minimum Gasteiger partial charge on any atom is -0.497 e. The average molecular weight is 356 g/mol. The van der Waals surface area contributed by atoms with Gasteiger partial charge >= 0.3 is 5.69 Å². The van der Waals surface area contributed by atoms with Crippen LogP contribution in [0.3, 0.4) is 0 Å². The SMILES string of the molecule is COc1ccc([C@@H]2C[C@@H](Cn3cc(C#N)c(=O)n(C)c3=O)ON2C)cc1. The third kappa shape index (κ3) is 3.27. The zero-order chi connectivity index (χ0) is 18.8. The largest absolute Gasteiger partial charge is 0.497 e. The van der Waals surface area contributed by atoms with Crippen LogP contribution in [0, 0.1) is 11.3 Å². The molecule has 2 atom stereocenters. The van der Waals surface area contributed by atoms with E-state index in [-0.39, 0.29) is 24.3 Å². The number of methoxy groups -OCH3 is 1. The zero-order valence-corrected chi connectivity index (χ0v) is 14.9. The van der Waals surface area contributed by atoms with E-state index in [0.717, 1.165) is 15.9 Å². The van der Waals surface area contributed by atoms with E-state index in [1.807, 2.05) is 37.4 Å². The molecule has 0 aliphatic carbocycles. The Hall–Kier alpha value is -2.89. The molecule has 2 heterocycles. The van der Waals surface area contributed by atoms with Crippen LogP contribution < -0.4 is 16.0 Å². The highest BCUT2D eigenvalue weighted by atomic mass is 16.7. The number of ether oxygens (including phenoxy) is 1. The Morgan fingerprint density at radius 3 is 2.58 bits per heavy atom. The molecule has 1 saturated heterocycles. The van der Waals surface area contributed by atoms with Gasteiger partial charge in [0.15, 0.2) is 0 Å². The Labute approximate surface area is 150 Å². The van der Waals surface area contributed by atoms with E-state index >= 15 is 0 Å². The van der Waals surface area contributed by atoms with Gasteiger partial charge in [-0.15, -0.1) is 0 Å². The summed E-state index contributed by atoms with van der Waals surface area (Å²) in [6, 6.07) is 9.63. The maximum absolute atomic E-state index is 12.3. The minimum atomic E-state index is -0.589. The van der Waals surface area contributed by atoms with Gasteiger partial charge in [-0.1, -0.05) is 12.1 Å². The van der Waals surface area contributed by atoms with Gasteiger partial charge in [0, 0.05) is 20.3 Å². The number of hydrogen-bond donors (Lipinski definition) is 0. The van der Waals surface area contributed by atoms with Crippen molar-refractivity contribution < 1.29 is 9.57 Å². The summed E-state index contributed by atoms with van der Waals surface area (Å²) in [6.45, 7) is 0.263. The number of aromatic nitrogens is 2. The van der Waals surface area contributed by atoms with Crippen molar-refractivity contribution in [3.05, 3.63) is 62.4 Å². The van der Waals surface area contributed by atoms with Gasteiger partial charge in [0.25, 0.3) is 5.56 Å². The van der Waals surface area contributed by atoms with E-state index in [2.05, 4.69) is 0 Å². The van der Waals surface area contributed by atoms with Crippen LogP contribution in [0.25, 0.3) is 0 Å². The maximum atomic E-state index is 12.3. The molecule has 1 aliphatic heterocycles. The summed E-state index contributed by atoms with van der Waals surface area (Å²) in [5.74, 6) is 0.785. The summed E-state index contributed by atoms with van der Waals surface area (Å²) < 4.78 is 7.48. The molecule has 8 nitrogen and oxygen atoms in total. The molecule has 1 aromatic heterocycles. The van der Waals surface area contributed by atoms with Crippen LogP contribution in [0.5, 0.6) is 5.75 Å². The molecule has 26 heavy (non-hydrogen) atoms. The summed E-state index contributed by atoms with van der Waals surface area (Å²) in [5, 5.41) is 10.8. The number of nitriles is 1. The topological polar surface area (TPSA) is 89.5 Å². The Balaban J connectivity index is 1.80. The number of nitrogens with zero attached hydrogens (tertiary/aromatic N) is 4. The van der Waals surface area contributed by atoms with E-state index in [0.29, 0.717) is 6.42 Å². The monoisotopic (exact) mass is 356 g/mol. The highest BCUT2D eigenvalue weighted by Gasteiger charge is 2.32. The maximum Gasteiger partial charge on any atom is 0.330 e. The molecular formula is C18H20N4O4. The van der Waals surface area contributed by atoms with Gasteiger partial charge in [0.05, 0.1) is 25.8 Å². The summed E-state index contributed by atoms with van der Waals surface area (Å²) in [4.78, 5) is 30.0. The van der Waals surface area contributed by atoms with Crippen molar-refractivity contribution in [1.29, 1.82) is 5.26 Å². The second-order valence-corrected chi connectivity index (χ2v) is 6.25. The van der Waals surface area contributed by atoms with Crippen molar-refractivity contribution in [2.45, 2.75) is 25.1 Å². The van der Waals surface area contributed by atoms with Gasteiger partial charge in [-0.2, -0.15) is 10.3 Å². The molecule has 0 unspecified atom stereocenters. The fraction of sp³-hybridized carbons (Fsp3) is 0.389. The van der Waals surface area contributed by atoms with Gasteiger partial charge in [-0.3, -0.25) is 18.8 Å². The van der Waals surface area contributed by atoms with E-state index in [1.54, 1.807) is 12.2 Å². The van der Waals surface area contributed by atoms with Crippen LogP contribution in [0.1, 0.15) is 23.6 Å². The molecule has 0 saturated carbocycles. The highest BCUT2D eigenvalue weighted by molar-refractivity contribution is 5.29. The van der Waals surface area contributed by atoms with Crippen molar-refractivity contribution in [2.75, 3.05) is 14.2 Å². The van der Waals surface area contributed by atoms with Crippen molar-refractivity contribution in [3.63, 3.8) is 0 Å². The number of rotatable bonds is 4. The summed E-state index contributed by atoms with van der Waals surface area (Å²) in [6.07, 6.45) is 1.74. The van der Waals surface area contributed by atoms with Crippen LogP contribution in [-0.2, 0) is 18.4 Å². The van der Waals surface area contributed by atoms with Crippen LogP contribution in [0.2, 0.25) is 0 Å². The van der Waals surface area contributed by atoms with E-state index in [9.17, 15) is 9.59 Å². The first-order valence-electron chi connectivity index (χ1n) is 8.18. The van der Waals surface area contributed by atoms with E-state index in [1.165, 1.54) is 17.8 Å². The lowest BCUT2D eigenvalue weighted by molar-refractivity contribution is -0.147. The van der Waals surface area contributed by atoms with E-state index in [4.69, 9.17) is 14.8 Å². The first kappa shape index (κ1) is 17.9. The summed E-state index contributed by atoms with van der Waals surface area (Å²) >= 11 is 0. The quantitative estimate of drug-likeness (QED) is 0.805. The molecule has 0 spiro atoms. The Kier molecular flexibility index (Phi) is 4.93. The molecule has 1 aromatic carbocycles. The molecular weight excluding hydrogens is 336 g/mol. The Morgan fingerprint density at radius 1 is 1.27 bits per heavy atom. The molecule has 1 fully saturated rings. The Bertz CT molecular complexity index is 955. The predicted octanol–water partition coefficient (Wildman–Crippen LogP) is 0.804. The first-order chi connectivity index (χ1) is 12.4. The zero-order valence-electron chi connectivity index (χ0n) is 14.9. The van der Waals surface area contributed by atoms with E-state index < -0.39 is 11.2 Å². The molecule has 0 amide bonds. The number of hydrogen-bond acceptors (Lipinski definition) is 6. The standard InChI is InChI=1S/C18H20N4O4/c1-20-17(23)13(9-19)10-22(18(20)24)11-15-8-16(21(2)26-15)12-4-6-14(25-3)7-5-12/h4-7,10,15-16H,8,11H2,1-3H3/t15-,16-/m0/s1. The van der Waals surface area contributed by atoms with Crippen molar-refractivity contribution in [2.24, 2.45) is 7.05 Å². The third-order valence-corrected chi connectivity index (χ3v) is 4.61. The van der Waals surface area contributed by atoms with Crippen LogP contribution in [0.4, 0.5) is 0 Å². The molecule has 136 valence electrons. The second-order valence-electron chi connectivity index (χ2n) is 6.25. The molecule has 3 rings (SSSR count). The molecule has 0 N–H and O–H groups in total. The highest BCUT2D eigenvalue weighted by Crippen LogP contribution is 2.33. The van der Waals surface area contributed by atoms with Crippen molar-refractivity contribution in [1.82, 2.24) is 14.2 Å². The fourth-order valence-corrected chi connectivity index (χ4v) is 3.18. The lowest BCUT2D eigenvalue weighted by Gasteiger charge is -2.18. The molecule has 0 bridgehead atoms. The minimum absolute atomic E-state index is 0.0459. The third-order valence-electron chi connectivity index (χ3n) is 4.61. The number of benzene rings is 1. The van der Waals surface area contributed by atoms with Crippen LogP contribution in [0.15, 0.2) is 40.1 Å². The summed E-state index contributed by atoms with van der Waals surface area (Å²) in [7, 11) is 4.83. The van der Waals surface area contributed by atoms with Gasteiger partial charge in [0.1, 0.15) is 17.4 Å². The number of hydroxylamine groups is 2. The van der Waals surface area contributed by atoms with Gasteiger partial charge in [-0.25, -0.2) is 4.79 Å². The van der Waals surface area contributed by atoms with Crippen molar-refractivity contribution >= 4 is 0 Å². The lowest BCUT2D eigenvalue weighted by atomic mass is 10.0. The van der Waals surface area contributed by atoms with Gasteiger partial charge in [0.2, 0.25) is 0 Å². The molecule has 0 radical (unpaired) electrons. The Morgan fingerprint density at radius 2 is 1.96 bits per heavy atom. The average Bonchev–Trinajstić information content (AvgIpc) is 3.02. The van der Waals surface area contributed by atoms with Crippen LogP contribution >= 0.6 is 0 Å². The molecule has 8 heteroatoms.